The Morgan fingerprint density at radius 3 is 2.52 bits per heavy atom. The average Bonchev–Trinajstić information content (AvgIpc) is 2.79. The van der Waals surface area contributed by atoms with Gasteiger partial charge in [-0.15, -0.1) is 11.8 Å². The van der Waals surface area contributed by atoms with E-state index in [0.717, 1.165) is 16.1 Å². The first-order chi connectivity index (χ1) is 12.7. The van der Waals surface area contributed by atoms with Crippen LogP contribution in [0.5, 0.6) is 0 Å². The van der Waals surface area contributed by atoms with Crippen molar-refractivity contribution in [3.8, 4) is 0 Å². The van der Waals surface area contributed by atoms with Crippen LogP contribution < -0.4 is 10.2 Å². The highest BCUT2D eigenvalue weighted by atomic mass is 35.5. The van der Waals surface area contributed by atoms with E-state index in [1.807, 2.05) is 54.3 Å². The number of rotatable bonds is 5. The number of carbonyl (C=O) groups excluding carboxylic acids is 1. The molecule has 27 heavy (non-hydrogen) atoms. The fourth-order valence-corrected chi connectivity index (χ4v) is 5.06. The van der Waals surface area contributed by atoms with Gasteiger partial charge in [0.1, 0.15) is 6.54 Å². The molecule has 2 N–H and O–H groups in total. The molecule has 2 unspecified atom stereocenters. The maximum Gasteiger partial charge on any atom is 0.323 e. The molecule has 0 fully saturated rings. The SMILES string of the molecule is CC(=O)Nc1cccc2c1C(C)(Sc1ccc(Cl)cc1)C(C)N2CC(=O)O. The van der Waals surface area contributed by atoms with Gasteiger partial charge in [0.2, 0.25) is 5.91 Å². The summed E-state index contributed by atoms with van der Waals surface area (Å²) in [7, 11) is 0. The maximum atomic E-state index is 11.7. The minimum atomic E-state index is -0.890. The van der Waals surface area contributed by atoms with E-state index in [0.29, 0.717) is 10.7 Å². The van der Waals surface area contributed by atoms with Crippen LogP contribution in [0.4, 0.5) is 11.4 Å². The third-order valence-electron chi connectivity index (χ3n) is 4.87. The first kappa shape index (κ1) is 19.6. The summed E-state index contributed by atoms with van der Waals surface area (Å²) in [6.07, 6.45) is 0. The number of halogens is 1. The topological polar surface area (TPSA) is 69.6 Å². The minimum Gasteiger partial charge on any atom is -0.480 e. The molecule has 5 nitrogen and oxygen atoms in total. The van der Waals surface area contributed by atoms with E-state index < -0.39 is 10.7 Å². The quantitative estimate of drug-likeness (QED) is 0.762. The third-order valence-corrected chi connectivity index (χ3v) is 6.60. The zero-order chi connectivity index (χ0) is 19.8. The van der Waals surface area contributed by atoms with Gasteiger partial charge in [0.15, 0.2) is 0 Å². The Balaban J connectivity index is 2.12. The van der Waals surface area contributed by atoms with Crippen molar-refractivity contribution in [2.45, 2.75) is 36.5 Å². The number of aliphatic carboxylic acids is 1. The lowest BCUT2D eigenvalue weighted by atomic mass is 9.95. The van der Waals surface area contributed by atoms with E-state index >= 15 is 0 Å². The number of carboxylic acid groups (broad SMARTS) is 1. The number of hydrogen-bond donors (Lipinski definition) is 2. The third kappa shape index (κ3) is 3.77. The molecule has 0 bridgehead atoms. The van der Waals surface area contributed by atoms with Gasteiger partial charge in [0.25, 0.3) is 0 Å². The Morgan fingerprint density at radius 2 is 1.93 bits per heavy atom. The number of nitrogens with one attached hydrogen (secondary N) is 1. The molecule has 0 radical (unpaired) electrons. The molecule has 0 spiro atoms. The van der Waals surface area contributed by atoms with E-state index in [-0.39, 0.29) is 18.5 Å². The largest absolute Gasteiger partial charge is 0.480 e. The molecule has 2 atom stereocenters. The predicted octanol–water partition coefficient (Wildman–Crippen LogP) is 4.60. The molecule has 1 aliphatic rings. The molecule has 0 aliphatic carbocycles. The Labute approximate surface area is 167 Å². The highest BCUT2D eigenvalue weighted by Crippen LogP contribution is 2.56. The number of nitrogens with zero attached hydrogens (tertiary/aromatic N) is 1. The van der Waals surface area contributed by atoms with Gasteiger partial charge >= 0.3 is 5.97 Å². The van der Waals surface area contributed by atoms with E-state index in [9.17, 15) is 14.7 Å². The van der Waals surface area contributed by atoms with Gasteiger partial charge in [-0.25, -0.2) is 0 Å². The zero-order valence-corrected chi connectivity index (χ0v) is 16.9. The normalized spacial score (nSPS) is 21.0. The van der Waals surface area contributed by atoms with Gasteiger partial charge in [-0.1, -0.05) is 17.7 Å². The summed E-state index contributed by atoms with van der Waals surface area (Å²) >= 11 is 7.65. The monoisotopic (exact) mass is 404 g/mol. The fraction of sp³-hybridized carbons (Fsp3) is 0.300. The fourth-order valence-electron chi connectivity index (χ4n) is 3.56. The number of carbonyl (C=O) groups is 2. The van der Waals surface area contributed by atoms with Crippen molar-refractivity contribution < 1.29 is 14.7 Å². The summed E-state index contributed by atoms with van der Waals surface area (Å²) < 4.78 is -0.461. The molecule has 1 amide bonds. The highest BCUT2D eigenvalue weighted by molar-refractivity contribution is 8.00. The van der Waals surface area contributed by atoms with Crippen LogP contribution >= 0.6 is 23.4 Å². The second kappa shape index (κ2) is 7.44. The molecule has 1 aliphatic heterocycles. The second-order valence-corrected chi connectivity index (χ2v) is 8.70. The van der Waals surface area contributed by atoms with Gasteiger partial charge in [-0.2, -0.15) is 0 Å². The van der Waals surface area contributed by atoms with Crippen LogP contribution in [0, 0.1) is 0 Å². The lowest BCUT2D eigenvalue weighted by molar-refractivity contribution is -0.135. The molecular weight excluding hydrogens is 384 g/mol. The van der Waals surface area contributed by atoms with Gasteiger partial charge in [-0.3, -0.25) is 9.59 Å². The smallest absolute Gasteiger partial charge is 0.323 e. The molecule has 3 rings (SSSR count). The van der Waals surface area contributed by atoms with E-state index in [1.165, 1.54) is 6.92 Å². The second-order valence-electron chi connectivity index (χ2n) is 6.74. The molecule has 0 saturated heterocycles. The first-order valence-corrected chi connectivity index (χ1v) is 9.76. The van der Waals surface area contributed by atoms with Gasteiger partial charge in [-0.05, 0) is 50.2 Å². The molecule has 7 heteroatoms. The van der Waals surface area contributed by atoms with Crippen molar-refractivity contribution in [1.29, 1.82) is 0 Å². The molecule has 2 aromatic carbocycles. The van der Waals surface area contributed by atoms with Crippen LogP contribution in [-0.4, -0.2) is 29.6 Å². The Kier molecular flexibility index (Phi) is 5.40. The number of amides is 1. The summed E-state index contributed by atoms with van der Waals surface area (Å²) in [6, 6.07) is 13.1. The first-order valence-electron chi connectivity index (χ1n) is 8.56. The van der Waals surface area contributed by atoms with Crippen LogP contribution in [0.3, 0.4) is 0 Å². The van der Waals surface area contributed by atoms with Crippen molar-refractivity contribution in [3.05, 3.63) is 53.1 Å². The Bertz CT molecular complexity index is 887. The van der Waals surface area contributed by atoms with Crippen molar-refractivity contribution in [1.82, 2.24) is 0 Å². The van der Waals surface area contributed by atoms with Crippen LogP contribution in [0.1, 0.15) is 26.3 Å². The van der Waals surface area contributed by atoms with Gasteiger partial charge in [0, 0.05) is 39.8 Å². The standard InChI is InChI=1S/C20H21ClN2O3S/c1-12-20(3,27-15-9-7-14(21)8-10-15)19-16(22-13(2)24)5-4-6-17(19)23(12)11-18(25)26/h4-10,12H,11H2,1-3H3,(H,22,24)(H,25,26). The molecular formula is C20H21ClN2O3S. The lowest BCUT2D eigenvalue weighted by Gasteiger charge is -2.33. The summed E-state index contributed by atoms with van der Waals surface area (Å²) in [6.45, 7) is 5.47. The summed E-state index contributed by atoms with van der Waals surface area (Å²) in [4.78, 5) is 26.1. The summed E-state index contributed by atoms with van der Waals surface area (Å²) in [5, 5.41) is 13.0. The van der Waals surface area contributed by atoms with Crippen molar-refractivity contribution in [2.75, 3.05) is 16.8 Å². The van der Waals surface area contributed by atoms with Crippen LogP contribution in [-0.2, 0) is 14.3 Å². The van der Waals surface area contributed by atoms with Gasteiger partial charge in [0.05, 0.1) is 4.75 Å². The van der Waals surface area contributed by atoms with Gasteiger partial charge < -0.3 is 15.3 Å². The molecule has 142 valence electrons. The molecule has 0 saturated carbocycles. The predicted molar refractivity (Wildman–Crippen MR) is 110 cm³/mol. The van der Waals surface area contributed by atoms with Crippen molar-refractivity contribution in [2.24, 2.45) is 0 Å². The lowest BCUT2D eigenvalue weighted by Crippen LogP contribution is -2.41. The number of benzene rings is 2. The van der Waals surface area contributed by atoms with E-state index in [2.05, 4.69) is 12.2 Å². The van der Waals surface area contributed by atoms with E-state index in [4.69, 9.17) is 11.6 Å². The molecule has 1 heterocycles. The highest BCUT2D eigenvalue weighted by Gasteiger charge is 2.48. The zero-order valence-electron chi connectivity index (χ0n) is 15.3. The maximum absolute atomic E-state index is 11.7. The Morgan fingerprint density at radius 1 is 1.26 bits per heavy atom. The number of carboxylic acids is 1. The minimum absolute atomic E-state index is 0.0980. The van der Waals surface area contributed by atoms with Crippen LogP contribution in [0.2, 0.25) is 5.02 Å². The number of hydrogen-bond acceptors (Lipinski definition) is 4. The average molecular weight is 405 g/mol. The molecule has 0 aromatic heterocycles. The van der Waals surface area contributed by atoms with E-state index in [1.54, 1.807) is 11.8 Å². The van der Waals surface area contributed by atoms with Crippen LogP contribution in [0.25, 0.3) is 0 Å². The summed E-state index contributed by atoms with van der Waals surface area (Å²) in [5.41, 5.74) is 2.48. The van der Waals surface area contributed by atoms with Crippen molar-refractivity contribution in [3.63, 3.8) is 0 Å². The summed E-state index contributed by atoms with van der Waals surface area (Å²) in [5.74, 6) is -1.05. The van der Waals surface area contributed by atoms with Crippen molar-refractivity contribution >= 4 is 46.6 Å². The number of fused-ring (bicyclic) bond motifs is 1. The Hall–Kier alpha value is -2.18. The number of thioether (sulfide) groups is 1. The number of anilines is 2. The van der Waals surface area contributed by atoms with Crippen LogP contribution in [0.15, 0.2) is 47.4 Å². The molecule has 2 aromatic rings.